The number of hydrogen-bond acceptors (Lipinski definition) is 3. The minimum Gasteiger partial charge on any atom is -0.350 e. The molecule has 6 heteroatoms. The molecule has 5 nitrogen and oxygen atoms in total. The molecule has 1 aliphatic rings. The van der Waals surface area contributed by atoms with Crippen LogP contribution in [0.1, 0.15) is 17.2 Å². The van der Waals surface area contributed by atoms with Crippen LogP contribution >= 0.6 is 11.6 Å². The molecular formula is C14H15ClN4O. The zero-order valence-electron chi connectivity index (χ0n) is 10.8. The average Bonchev–Trinajstić information content (AvgIpc) is 2.95. The Hall–Kier alpha value is -1.85. The summed E-state index contributed by atoms with van der Waals surface area (Å²) in [5.74, 6) is -0.113. The first-order chi connectivity index (χ1) is 9.63. The molecule has 2 aromatic rings. The van der Waals surface area contributed by atoms with Gasteiger partial charge in [0.25, 0.3) is 0 Å². The first-order valence-corrected chi connectivity index (χ1v) is 6.82. The number of benzene rings is 1. The number of nitrogens with two attached hydrogens (primary N) is 1. The third-order valence-corrected chi connectivity index (χ3v) is 3.74. The maximum atomic E-state index is 12.0. The summed E-state index contributed by atoms with van der Waals surface area (Å²) in [6.45, 7) is 0.145. The molecule has 20 heavy (non-hydrogen) atoms. The molecule has 1 aromatic carbocycles. The second-order valence-corrected chi connectivity index (χ2v) is 5.40. The van der Waals surface area contributed by atoms with E-state index in [4.69, 9.17) is 17.3 Å². The van der Waals surface area contributed by atoms with Gasteiger partial charge in [-0.15, -0.1) is 0 Å². The van der Waals surface area contributed by atoms with Crippen LogP contribution in [-0.2, 0) is 17.8 Å². The van der Waals surface area contributed by atoms with E-state index in [9.17, 15) is 4.79 Å². The maximum absolute atomic E-state index is 12.0. The third-order valence-electron chi connectivity index (χ3n) is 3.54. The van der Waals surface area contributed by atoms with Crippen LogP contribution in [-0.4, -0.2) is 21.7 Å². The van der Waals surface area contributed by atoms with Crippen molar-refractivity contribution in [3.63, 3.8) is 0 Å². The molecule has 1 aromatic heterocycles. The van der Waals surface area contributed by atoms with Crippen LogP contribution in [0.5, 0.6) is 0 Å². The van der Waals surface area contributed by atoms with Crippen LogP contribution < -0.4 is 11.1 Å². The Labute approximate surface area is 121 Å². The van der Waals surface area contributed by atoms with Crippen molar-refractivity contribution in [2.45, 2.75) is 25.0 Å². The Morgan fingerprint density at radius 2 is 2.30 bits per heavy atom. The van der Waals surface area contributed by atoms with Crippen molar-refractivity contribution in [3.05, 3.63) is 52.8 Å². The number of rotatable bonds is 3. The molecular weight excluding hydrogens is 276 g/mol. The molecule has 0 fully saturated rings. The maximum Gasteiger partial charge on any atom is 0.242 e. The van der Waals surface area contributed by atoms with E-state index in [1.165, 1.54) is 16.4 Å². The molecule has 2 atom stereocenters. The highest BCUT2D eigenvalue weighted by molar-refractivity contribution is 6.30. The van der Waals surface area contributed by atoms with Gasteiger partial charge in [0.1, 0.15) is 6.54 Å². The summed E-state index contributed by atoms with van der Waals surface area (Å²) in [5.41, 5.74) is 8.49. The van der Waals surface area contributed by atoms with Gasteiger partial charge >= 0.3 is 0 Å². The average molecular weight is 291 g/mol. The lowest BCUT2D eigenvalue weighted by Gasteiger charge is -2.17. The molecule has 0 spiro atoms. The molecule has 0 saturated heterocycles. The highest BCUT2D eigenvalue weighted by Gasteiger charge is 2.30. The van der Waals surface area contributed by atoms with Crippen LogP contribution in [0.15, 0.2) is 36.7 Å². The van der Waals surface area contributed by atoms with Gasteiger partial charge in [-0.1, -0.05) is 35.9 Å². The van der Waals surface area contributed by atoms with Gasteiger partial charge in [-0.3, -0.25) is 9.48 Å². The lowest BCUT2D eigenvalue weighted by Crippen LogP contribution is -2.42. The summed E-state index contributed by atoms with van der Waals surface area (Å²) in [5, 5.41) is 7.46. The van der Waals surface area contributed by atoms with Crippen molar-refractivity contribution in [2.24, 2.45) is 5.73 Å². The third kappa shape index (κ3) is 2.55. The van der Waals surface area contributed by atoms with Gasteiger partial charge in [-0.05, 0) is 17.5 Å². The number of nitrogens with zero attached hydrogens (tertiary/aromatic N) is 2. The topological polar surface area (TPSA) is 72.9 Å². The Morgan fingerprint density at radius 1 is 1.50 bits per heavy atom. The van der Waals surface area contributed by atoms with Crippen LogP contribution in [0.2, 0.25) is 5.02 Å². The monoisotopic (exact) mass is 290 g/mol. The fourth-order valence-electron chi connectivity index (χ4n) is 2.59. The van der Waals surface area contributed by atoms with Gasteiger partial charge in [-0.25, -0.2) is 0 Å². The molecule has 1 heterocycles. The van der Waals surface area contributed by atoms with E-state index in [2.05, 4.69) is 16.5 Å². The Bertz CT molecular complexity index is 640. The molecule has 1 aliphatic carbocycles. The van der Waals surface area contributed by atoms with Crippen molar-refractivity contribution in [1.29, 1.82) is 0 Å². The van der Waals surface area contributed by atoms with E-state index in [1.807, 2.05) is 18.2 Å². The van der Waals surface area contributed by atoms with Crippen molar-refractivity contribution < 1.29 is 4.79 Å². The van der Waals surface area contributed by atoms with Gasteiger partial charge in [0, 0.05) is 6.20 Å². The summed E-state index contributed by atoms with van der Waals surface area (Å²) in [6.07, 6.45) is 3.89. The summed E-state index contributed by atoms with van der Waals surface area (Å²) < 4.78 is 1.51. The highest BCUT2D eigenvalue weighted by Crippen LogP contribution is 2.29. The fourth-order valence-corrected chi connectivity index (χ4v) is 2.75. The Kier molecular flexibility index (Phi) is 3.46. The van der Waals surface area contributed by atoms with Crippen LogP contribution in [0.25, 0.3) is 0 Å². The number of amides is 1. The van der Waals surface area contributed by atoms with Gasteiger partial charge in [-0.2, -0.15) is 5.10 Å². The summed E-state index contributed by atoms with van der Waals surface area (Å²) in [6, 6.07) is 7.80. The molecule has 3 rings (SSSR count). The van der Waals surface area contributed by atoms with Crippen molar-refractivity contribution in [2.75, 3.05) is 0 Å². The fraction of sp³-hybridized carbons (Fsp3) is 0.286. The minimum absolute atomic E-state index is 0.0639. The number of carbonyl (C=O) groups excluding carboxylic acids is 1. The van der Waals surface area contributed by atoms with E-state index >= 15 is 0 Å². The van der Waals surface area contributed by atoms with Crippen molar-refractivity contribution in [3.8, 4) is 0 Å². The van der Waals surface area contributed by atoms with E-state index in [-0.39, 0.29) is 24.5 Å². The van der Waals surface area contributed by atoms with E-state index < -0.39 is 0 Å². The standard InChI is InChI=1S/C14H15ClN4O/c15-10-6-17-19(7-10)8-13(20)18-12-5-9-3-1-2-4-11(9)14(12)16/h1-4,6-7,12,14H,5,8,16H2,(H,18,20)/t12-,14-/m1/s1. The molecule has 0 bridgehead atoms. The normalized spacial score (nSPS) is 20.7. The van der Waals surface area contributed by atoms with E-state index in [1.54, 1.807) is 6.20 Å². The summed E-state index contributed by atoms with van der Waals surface area (Å²) in [7, 11) is 0. The molecule has 0 radical (unpaired) electrons. The van der Waals surface area contributed by atoms with Gasteiger partial charge < -0.3 is 11.1 Å². The van der Waals surface area contributed by atoms with Gasteiger partial charge in [0.05, 0.1) is 23.3 Å². The largest absolute Gasteiger partial charge is 0.350 e. The summed E-state index contributed by atoms with van der Waals surface area (Å²) in [4.78, 5) is 12.0. The highest BCUT2D eigenvalue weighted by atomic mass is 35.5. The molecule has 0 saturated carbocycles. The Morgan fingerprint density at radius 3 is 3.00 bits per heavy atom. The quantitative estimate of drug-likeness (QED) is 0.894. The van der Waals surface area contributed by atoms with Crippen LogP contribution in [0, 0.1) is 0 Å². The smallest absolute Gasteiger partial charge is 0.242 e. The minimum atomic E-state index is -0.156. The predicted molar refractivity (Wildman–Crippen MR) is 76.2 cm³/mol. The zero-order valence-corrected chi connectivity index (χ0v) is 11.5. The van der Waals surface area contributed by atoms with Crippen molar-refractivity contribution in [1.82, 2.24) is 15.1 Å². The molecule has 3 N–H and O–H groups in total. The first kappa shape index (κ1) is 13.1. The molecule has 0 aliphatic heterocycles. The number of halogens is 1. The van der Waals surface area contributed by atoms with Gasteiger partial charge in [0.15, 0.2) is 0 Å². The van der Waals surface area contributed by atoms with Gasteiger partial charge in [0.2, 0.25) is 5.91 Å². The SMILES string of the molecule is N[C@@H]1c2ccccc2C[C@H]1NC(=O)Cn1cc(Cl)cn1. The molecule has 104 valence electrons. The lowest BCUT2D eigenvalue weighted by molar-refractivity contribution is -0.122. The summed E-state index contributed by atoms with van der Waals surface area (Å²) >= 11 is 5.76. The predicted octanol–water partition coefficient (Wildman–Crippen LogP) is 1.28. The molecule has 0 unspecified atom stereocenters. The van der Waals surface area contributed by atoms with E-state index in [0.29, 0.717) is 5.02 Å². The number of hydrogen-bond donors (Lipinski definition) is 2. The second-order valence-electron chi connectivity index (χ2n) is 4.96. The number of nitrogens with one attached hydrogen (secondary N) is 1. The first-order valence-electron chi connectivity index (χ1n) is 6.44. The van der Waals surface area contributed by atoms with Crippen LogP contribution in [0.3, 0.4) is 0 Å². The van der Waals surface area contributed by atoms with Crippen LogP contribution in [0.4, 0.5) is 0 Å². The lowest BCUT2D eigenvalue weighted by atomic mass is 10.1. The molecule has 1 amide bonds. The number of aromatic nitrogens is 2. The Balaban J connectivity index is 1.63. The second kappa shape index (κ2) is 5.26. The number of fused-ring (bicyclic) bond motifs is 1. The van der Waals surface area contributed by atoms with Crippen molar-refractivity contribution >= 4 is 17.5 Å². The van der Waals surface area contributed by atoms with E-state index in [0.717, 1.165) is 12.0 Å². The zero-order chi connectivity index (χ0) is 14.1. The number of carbonyl (C=O) groups is 1.